The van der Waals surface area contributed by atoms with E-state index in [1.807, 2.05) is 0 Å². The number of rotatable bonds is 10. The van der Waals surface area contributed by atoms with E-state index in [1.54, 1.807) is 0 Å². The normalized spacial score (nSPS) is 14.2. The summed E-state index contributed by atoms with van der Waals surface area (Å²) in [5.41, 5.74) is 0. The molecule has 0 aromatic heterocycles. The number of hydrogen-bond donors (Lipinski definition) is 0. The van der Waals surface area contributed by atoms with Crippen molar-refractivity contribution in [2.45, 2.75) is 58.2 Å². The predicted octanol–water partition coefficient (Wildman–Crippen LogP) is 3.25. The van der Waals surface area contributed by atoms with Crippen molar-refractivity contribution in [2.75, 3.05) is 5.75 Å². The first-order chi connectivity index (χ1) is 7.89. The first kappa shape index (κ1) is 16.7. The van der Waals surface area contributed by atoms with Gasteiger partial charge in [-0.3, -0.25) is 0 Å². The van der Waals surface area contributed by atoms with Crippen LogP contribution in [0.3, 0.4) is 0 Å². The third kappa shape index (κ3) is 9.41. The second kappa shape index (κ2) is 8.74. The van der Waals surface area contributed by atoms with Gasteiger partial charge in [0.05, 0.1) is 5.75 Å². The Hall–Kier alpha value is -0.300. The van der Waals surface area contributed by atoms with Gasteiger partial charge in [0.25, 0.3) is 22.9 Å². The van der Waals surface area contributed by atoms with Crippen molar-refractivity contribution in [1.29, 1.82) is 0 Å². The molecule has 0 amide bonds. The molecule has 1 unspecified atom stereocenters. The van der Waals surface area contributed by atoms with Crippen LogP contribution >= 0.6 is 0 Å². The Kier molecular flexibility index (Phi) is 8.59. The third-order valence-electron chi connectivity index (χ3n) is 2.18. The van der Waals surface area contributed by atoms with E-state index in [9.17, 15) is 21.6 Å². The molecule has 0 fully saturated rings. The van der Waals surface area contributed by atoms with E-state index in [0.29, 0.717) is 12.8 Å². The lowest BCUT2D eigenvalue weighted by Crippen LogP contribution is -2.22. The largest absolute Gasteiger partial charge is 0.294 e. The SMILES string of the molecule is CCCCCCCCS(=O)(=O)OC(F)C(F)F. The first-order valence-electron chi connectivity index (χ1n) is 5.72. The zero-order valence-electron chi connectivity index (χ0n) is 9.87. The van der Waals surface area contributed by atoms with Gasteiger partial charge in [0.2, 0.25) is 0 Å². The van der Waals surface area contributed by atoms with E-state index in [1.165, 1.54) is 0 Å². The van der Waals surface area contributed by atoms with Gasteiger partial charge < -0.3 is 0 Å². The Morgan fingerprint density at radius 3 is 2.06 bits per heavy atom. The molecule has 0 saturated heterocycles. The van der Waals surface area contributed by atoms with Gasteiger partial charge >= 0.3 is 0 Å². The maximum Gasteiger partial charge on any atom is 0.294 e. The minimum absolute atomic E-state index is 0.308. The summed E-state index contributed by atoms with van der Waals surface area (Å²) in [7, 11) is -4.17. The van der Waals surface area contributed by atoms with E-state index in [-0.39, 0.29) is 0 Å². The van der Waals surface area contributed by atoms with Crippen LogP contribution < -0.4 is 0 Å². The molecule has 1 atom stereocenters. The minimum atomic E-state index is -4.17. The van der Waals surface area contributed by atoms with Crippen LogP contribution in [0.2, 0.25) is 0 Å². The lowest BCUT2D eigenvalue weighted by Gasteiger charge is -2.08. The summed E-state index contributed by atoms with van der Waals surface area (Å²) in [5.74, 6) is -0.410. The molecule has 0 rings (SSSR count). The maximum atomic E-state index is 12.3. The van der Waals surface area contributed by atoms with Crippen LogP contribution in [-0.4, -0.2) is 27.0 Å². The van der Waals surface area contributed by atoms with Crippen molar-refractivity contribution in [2.24, 2.45) is 0 Å². The second-order valence-corrected chi connectivity index (χ2v) is 5.53. The summed E-state index contributed by atoms with van der Waals surface area (Å²) in [4.78, 5) is 0. The fourth-order valence-corrected chi connectivity index (χ4v) is 2.31. The molecule has 0 bridgehead atoms. The van der Waals surface area contributed by atoms with Crippen molar-refractivity contribution in [3.8, 4) is 0 Å². The van der Waals surface area contributed by atoms with Crippen molar-refractivity contribution in [1.82, 2.24) is 0 Å². The molecule has 0 aliphatic rings. The van der Waals surface area contributed by atoms with Crippen LogP contribution in [0, 0.1) is 0 Å². The molecule has 0 aliphatic heterocycles. The molecule has 104 valence electrons. The monoisotopic (exact) mass is 276 g/mol. The van der Waals surface area contributed by atoms with Gasteiger partial charge in [0.15, 0.2) is 0 Å². The molecule has 0 N–H and O–H groups in total. The number of halogens is 3. The summed E-state index contributed by atoms with van der Waals surface area (Å²) >= 11 is 0. The van der Waals surface area contributed by atoms with Crippen molar-refractivity contribution >= 4 is 10.1 Å². The van der Waals surface area contributed by atoms with Gasteiger partial charge in [0.1, 0.15) is 0 Å². The molecule has 0 aliphatic carbocycles. The van der Waals surface area contributed by atoms with Gasteiger partial charge in [-0.15, -0.1) is 0 Å². The number of unbranched alkanes of at least 4 members (excludes halogenated alkanes) is 5. The zero-order chi connectivity index (χ0) is 13.3. The molecule has 0 aromatic rings. The molecule has 0 heterocycles. The second-order valence-electron chi connectivity index (χ2n) is 3.81. The van der Waals surface area contributed by atoms with Crippen LogP contribution in [0.15, 0.2) is 0 Å². The average molecular weight is 276 g/mol. The standard InChI is InChI=1S/C10H19F3O3S/c1-2-3-4-5-6-7-8-17(14,15)16-10(13)9(11)12/h9-10H,2-8H2,1H3. The molecule has 0 aromatic carbocycles. The molecule has 17 heavy (non-hydrogen) atoms. The Morgan fingerprint density at radius 1 is 1.00 bits per heavy atom. The van der Waals surface area contributed by atoms with E-state index in [2.05, 4.69) is 11.1 Å². The summed E-state index contributed by atoms with van der Waals surface area (Å²) in [6, 6.07) is 0. The Balaban J connectivity index is 3.72. The van der Waals surface area contributed by atoms with Gasteiger partial charge in [-0.1, -0.05) is 39.0 Å². The van der Waals surface area contributed by atoms with Crippen LogP contribution in [-0.2, 0) is 14.3 Å². The molecule has 0 radical (unpaired) electrons. The molecule has 7 heteroatoms. The van der Waals surface area contributed by atoms with Crippen molar-refractivity contribution < 1.29 is 25.8 Å². The van der Waals surface area contributed by atoms with Crippen LogP contribution in [0.25, 0.3) is 0 Å². The highest BCUT2D eigenvalue weighted by Crippen LogP contribution is 2.13. The fraction of sp³-hybridized carbons (Fsp3) is 1.00. The number of hydrogen-bond acceptors (Lipinski definition) is 3. The Bertz CT molecular complexity index is 281. The third-order valence-corrected chi connectivity index (χ3v) is 3.45. The van der Waals surface area contributed by atoms with Gasteiger partial charge in [0, 0.05) is 0 Å². The lowest BCUT2D eigenvalue weighted by atomic mass is 10.1. The first-order valence-corrected chi connectivity index (χ1v) is 7.30. The number of alkyl halides is 3. The summed E-state index contributed by atoms with van der Waals surface area (Å²) in [6.07, 6.45) is -1.44. The fourth-order valence-electron chi connectivity index (χ4n) is 1.29. The highest BCUT2D eigenvalue weighted by atomic mass is 32.2. The van der Waals surface area contributed by atoms with Gasteiger partial charge in [-0.05, 0) is 6.42 Å². The molecular weight excluding hydrogens is 257 g/mol. The van der Waals surface area contributed by atoms with Gasteiger partial charge in [-0.2, -0.15) is 8.42 Å². The van der Waals surface area contributed by atoms with Crippen LogP contribution in [0.1, 0.15) is 45.4 Å². The predicted molar refractivity (Wildman–Crippen MR) is 59.1 cm³/mol. The quantitative estimate of drug-likeness (QED) is 0.454. The summed E-state index contributed by atoms with van der Waals surface area (Å²) in [5, 5.41) is 0. The van der Waals surface area contributed by atoms with Crippen LogP contribution in [0.5, 0.6) is 0 Å². The van der Waals surface area contributed by atoms with Crippen molar-refractivity contribution in [3.05, 3.63) is 0 Å². The molecular formula is C10H19F3O3S. The van der Waals surface area contributed by atoms with Gasteiger partial charge in [-0.25, -0.2) is 17.4 Å². The average Bonchev–Trinajstić information content (AvgIpc) is 2.22. The van der Waals surface area contributed by atoms with Crippen LogP contribution in [0.4, 0.5) is 13.2 Å². The molecule has 3 nitrogen and oxygen atoms in total. The summed E-state index contributed by atoms with van der Waals surface area (Å²) < 4.78 is 61.5. The highest BCUT2D eigenvalue weighted by molar-refractivity contribution is 7.86. The topological polar surface area (TPSA) is 43.4 Å². The van der Waals surface area contributed by atoms with Crippen molar-refractivity contribution in [3.63, 3.8) is 0 Å². The van der Waals surface area contributed by atoms with E-state index in [0.717, 1.165) is 25.7 Å². The maximum absolute atomic E-state index is 12.3. The smallest absolute Gasteiger partial charge is 0.227 e. The highest BCUT2D eigenvalue weighted by Gasteiger charge is 2.26. The summed E-state index contributed by atoms with van der Waals surface area (Å²) in [6.45, 7) is 2.06. The van der Waals surface area contributed by atoms with E-state index in [4.69, 9.17) is 0 Å². The molecule has 0 spiro atoms. The lowest BCUT2D eigenvalue weighted by molar-refractivity contribution is -0.0633. The Labute approximate surface area is 100 Å². The zero-order valence-corrected chi connectivity index (χ0v) is 10.7. The minimum Gasteiger partial charge on any atom is -0.227 e. The van der Waals surface area contributed by atoms with E-state index < -0.39 is 28.7 Å². The Morgan fingerprint density at radius 2 is 1.53 bits per heavy atom. The molecule has 0 saturated carbocycles. The van der Waals surface area contributed by atoms with E-state index >= 15 is 0 Å².